The van der Waals surface area contributed by atoms with Crippen LogP contribution in [-0.2, 0) is 11.2 Å². The number of morpholine rings is 1. The van der Waals surface area contributed by atoms with Gasteiger partial charge in [0.05, 0.1) is 36.8 Å². The zero-order valence-corrected chi connectivity index (χ0v) is 14.6. The quantitative estimate of drug-likeness (QED) is 0.704. The predicted octanol–water partition coefficient (Wildman–Crippen LogP) is 1.30. The van der Waals surface area contributed by atoms with Crippen LogP contribution in [0.2, 0.25) is 0 Å². The summed E-state index contributed by atoms with van der Waals surface area (Å²) in [5.41, 5.74) is 2.98. The van der Waals surface area contributed by atoms with Crippen LogP contribution < -0.4 is 0 Å². The molecule has 1 amide bonds. The van der Waals surface area contributed by atoms with Crippen LogP contribution in [-0.4, -0.2) is 61.2 Å². The summed E-state index contributed by atoms with van der Waals surface area (Å²) in [5, 5.41) is 4.22. The van der Waals surface area contributed by atoms with Gasteiger partial charge >= 0.3 is 0 Å². The largest absolute Gasteiger partial charge is 0.377 e. The van der Waals surface area contributed by atoms with Crippen molar-refractivity contribution in [2.24, 2.45) is 0 Å². The van der Waals surface area contributed by atoms with E-state index in [1.807, 2.05) is 11.8 Å². The molecule has 0 saturated carbocycles. The van der Waals surface area contributed by atoms with E-state index in [0.29, 0.717) is 31.0 Å². The third kappa shape index (κ3) is 3.15. The molecule has 0 N–H and O–H groups in total. The van der Waals surface area contributed by atoms with Crippen LogP contribution in [0.25, 0.3) is 5.65 Å². The number of fused-ring (bicyclic) bond motifs is 1. The molecule has 3 aromatic heterocycles. The first-order chi connectivity index (χ1) is 12.7. The van der Waals surface area contributed by atoms with E-state index in [2.05, 4.69) is 20.1 Å². The predicted molar refractivity (Wildman–Crippen MR) is 93.7 cm³/mol. The van der Waals surface area contributed by atoms with Crippen molar-refractivity contribution in [3.05, 3.63) is 54.0 Å². The van der Waals surface area contributed by atoms with Gasteiger partial charge in [-0.05, 0) is 25.8 Å². The number of aromatic nitrogens is 5. The summed E-state index contributed by atoms with van der Waals surface area (Å²) in [7, 11) is 0. The second-order valence-corrected chi connectivity index (χ2v) is 6.30. The molecule has 3 aromatic rings. The van der Waals surface area contributed by atoms with Gasteiger partial charge in [0.2, 0.25) is 0 Å². The second-order valence-electron chi connectivity index (χ2n) is 6.30. The molecule has 0 bridgehead atoms. The first kappa shape index (κ1) is 16.6. The fourth-order valence-corrected chi connectivity index (χ4v) is 3.28. The van der Waals surface area contributed by atoms with E-state index >= 15 is 0 Å². The minimum absolute atomic E-state index is 0.00341. The lowest BCUT2D eigenvalue weighted by Gasteiger charge is -2.35. The maximum Gasteiger partial charge on any atom is 0.259 e. The summed E-state index contributed by atoms with van der Waals surface area (Å²) in [6, 6.07) is 1.78. The molecule has 1 saturated heterocycles. The number of hydrogen-bond acceptors (Lipinski definition) is 6. The molecule has 8 nitrogen and oxygen atoms in total. The van der Waals surface area contributed by atoms with Crippen LogP contribution in [0.1, 0.15) is 28.2 Å². The number of carbonyl (C=O) groups is 1. The molecule has 4 rings (SSSR count). The average molecular weight is 352 g/mol. The van der Waals surface area contributed by atoms with Gasteiger partial charge in [0.15, 0.2) is 5.65 Å². The number of amides is 1. The number of rotatable bonds is 4. The highest BCUT2D eigenvalue weighted by Gasteiger charge is 2.30. The van der Waals surface area contributed by atoms with Gasteiger partial charge in [0.1, 0.15) is 5.56 Å². The topological polar surface area (TPSA) is 85.5 Å². The Labute approximate surface area is 150 Å². The maximum atomic E-state index is 13.1. The highest BCUT2D eigenvalue weighted by molar-refractivity contribution is 5.99. The fraction of sp³-hybridized carbons (Fsp3) is 0.389. The van der Waals surface area contributed by atoms with Crippen LogP contribution >= 0.6 is 0 Å². The van der Waals surface area contributed by atoms with E-state index in [4.69, 9.17) is 4.74 Å². The lowest BCUT2D eigenvalue weighted by atomic mass is 10.1. The fourth-order valence-electron chi connectivity index (χ4n) is 3.28. The minimum Gasteiger partial charge on any atom is -0.377 e. The molecule has 0 unspecified atom stereocenters. The van der Waals surface area contributed by atoms with Crippen molar-refractivity contribution in [1.29, 1.82) is 0 Å². The van der Waals surface area contributed by atoms with E-state index in [-0.39, 0.29) is 11.9 Å². The summed E-state index contributed by atoms with van der Waals surface area (Å²) < 4.78 is 7.24. The van der Waals surface area contributed by atoms with Crippen LogP contribution in [0.5, 0.6) is 0 Å². The molecule has 0 aliphatic carbocycles. The molecule has 134 valence electrons. The summed E-state index contributed by atoms with van der Waals surface area (Å²) in [6.45, 7) is 3.58. The molecule has 0 spiro atoms. The first-order valence-electron chi connectivity index (χ1n) is 8.67. The van der Waals surface area contributed by atoms with E-state index in [1.54, 1.807) is 41.6 Å². The monoisotopic (exact) mass is 352 g/mol. The maximum absolute atomic E-state index is 13.1. The Hall–Kier alpha value is -2.87. The molecule has 26 heavy (non-hydrogen) atoms. The third-order valence-electron chi connectivity index (χ3n) is 4.70. The van der Waals surface area contributed by atoms with Gasteiger partial charge in [-0.3, -0.25) is 14.8 Å². The highest BCUT2D eigenvalue weighted by Crippen LogP contribution is 2.19. The summed E-state index contributed by atoms with van der Waals surface area (Å²) in [5.74, 6) is -0.0529. The van der Waals surface area contributed by atoms with Gasteiger partial charge in [-0.1, -0.05) is 0 Å². The van der Waals surface area contributed by atoms with E-state index in [0.717, 1.165) is 24.2 Å². The molecule has 4 heterocycles. The summed E-state index contributed by atoms with van der Waals surface area (Å²) >= 11 is 0. The average Bonchev–Trinajstić information content (AvgIpc) is 3.11. The van der Waals surface area contributed by atoms with Gasteiger partial charge in [-0.2, -0.15) is 5.10 Å². The van der Waals surface area contributed by atoms with Crippen molar-refractivity contribution in [1.82, 2.24) is 29.5 Å². The Kier molecular flexibility index (Phi) is 4.57. The SMILES string of the molecule is Cc1nccnc1CC[C@@H]1COCCN1C(=O)c1cnn2cccnc12. The smallest absolute Gasteiger partial charge is 0.259 e. The van der Waals surface area contributed by atoms with Crippen molar-refractivity contribution in [2.75, 3.05) is 19.8 Å². The zero-order valence-electron chi connectivity index (χ0n) is 14.6. The van der Waals surface area contributed by atoms with Crippen molar-refractivity contribution in [3.8, 4) is 0 Å². The van der Waals surface area contributed by atoms with Gasteiger partial charge < -0.3 is 9.64 Å². The van der Waals surface area contributed by atoms with Gasteiger partial charge in [-0.15, -0.1) is 0 Å². The standard InChI is InChI=1S/C18H20N6O2/c1-13-16(20-7-6-19-13)4-3-14-12-26-10-9-23(14)18(25)15-11-22-24-8-2-5-21-17(15)24/h2,5-8,11,14H,3-4,9-10,12H2,1H3/t14-/m1/s1. The van der Waals surface area contributed by atoms with E-state index < -0.39 is 0 Å². The Morgan fingerprint density at radius 3 is 3.04 bits per heavy atom. The number of nitrogens with zero attached hydrogens (tertiary/aromatic N) is 6. The molecule has 1 atom stereocenters. The van der Waals surface area contributed by atoms with Crippen LogP contribution in [0.3, 0.4) is 0 Å². The van der Waals surface area contributed by atoms with E-state index in [9.17, 15) is 4.79 Å². The molecular weight excluding hydrogens is 332 g/mol. The summed E-state index contributed by atoms with van der Waals surface area (Å²) in [6.07, 6.45) is 9.96. The Bertz CT molecular complexity index is 925. The molecule has 0 aromatic carbocycles. The number of aryl methyl sites for hydroxylation is 2. The van der Waals surface area contributed by atoms with Crippen molar-refractivity contribution in [2.45, 2.75) is 25.8 Å². The van der Waals surface area contributed by atoms with Crippen molar-refractivity contribution >= 4 is 11.6 Å². The Morgan fingerprint density at radius 2 is 2.15 bits per heavy atom. The third-order valence-corrected chi connectivity index (χ3v) is 4.70. The van der Waals surface area contributed by atoms with Crippen molar-refractivity contribution < 1.29 is 9.53 Å². The molecule has 8 heteroatoms. The normalized spacial score (nSPS) is 17.6. The van der Waals surface area contributed by atoms with E-state index in [1.165, 1.54) is 0 Å². The van der Waals surface area contributed by atoms with Crippen LogP contribution in [0, 0.1) is 6.92 Å². The molecule has 0 radical (unpaired) electrons. The van der Waals surface area contributed by atoms with Gasteiger partial charge in [0.25, 0.3) is 5.91 Å². The Balaban J connectivity index is 1.53. The lowest BCUT2D eigenvalue weighted by molar-refractivity contribution is -0.00405. The number of carbonyl (C=O) groups excluding carboxylic acids is 1. The lowest BCUT2D eigenvalue weighted by Crippen LogP contribution is -2.49. The number of ether oxygens (including phenoxy) is 1. The number of hydrogen-bond donors (Lipinski definition) is 0. The van der Waals surface area contributed by atoms with Crippen LogP contribution in [0.15, 0.2) is 37.1 Å². The van der Waals surface area contributed by atoms with Gasteiger partial charge in [-0.25, -0.2) is 9.50 Å². The van der Waals surface area contributed by atoms with Crippen LogP contribution in [0.4, 0.5) is 0 Å². The zero-order chi connectivity index (χ0) is 17.9. The minimum atomic E-state index is -0.0529. The summed E-state index contributed by atoms with van der Waals surface area (Å²) in [4.78, 5) is 28.0. The Morgan fingerprint density at radius 1 is 1.27 bits per heavy atom. The second kappa shape index (κ2) is 7.17. The molecule has 1 aliphatic heterocycles. The first-order valence-corrected chi connectivity index (χ1v) is 8.67. The molecule has 1 aliphatic rings. The molecule has 1 fully saturated rings. The highest BCUT2D eigenvalue weighted by atomic mass is 16.5. The van der Waals surface area contributed by atoms with Gasteiger partial charge in [0, 0.05) is 31.3 Å². The molecular formula is C18H20N6O2. The van der Waals surface area contributed by atoms with Crippen molar-refractivity contribution in [3.63, 3.8) is 0 Å².